The Hall–Kier alpha value is -0.400. The average molecular weight is 244 g/mol. The van der Waals surface area contributed by atoms with E-state index in [0.717, 1.165) is 19.3 Å². The predicted molar refractivity (Wildman–Crippen MR) is 66.5 cm³/mol. The molecule has 0 N–H and O–H groups in total. The highest BCUT2D eigenvalue weighted by Gasteiger charge is 2.10. The van der Waals surface area contributed by atoms with Crippen LogP contribution in [0.3, 0.4) is 0 Å². The zero-order valence-corrected chi connectivity index (χ0v) is 11.0. The molecule has 0 aromatic heterocycles. The second-order valence-electron chi connectivity index (χ2n) is 3.46. The molecule has 0 saturated heterocycles. The largest absolute Gasteiger partial charge is 0.220 e. The van der Waals surface area contributed by atoms with Crippen LogP contribution in [0.2, 0.25) is 0 Å². The van der Waals surface area contributed by atoms with Crippen molar-refractivity contribution in [3.05, 3.63) is 29.8 Å². The molecule has 0 fully saturated rings. The van der Waals surface area contributed by atoms with Crippen LogP contribution < -0.4 is 0 Å². The molecule has 1 aromatic rings. The first-order valence-corrected chi connectivity index (χ1v) is 8.83. The Morgan fingerprint density at radius 3 is 2.27 bits per heavy atom. The highest BCUT2D eigenvalue weighted by molar-refractivity contribution is 8.43. The van der Waals surface area contributed by atoms with E-state index >= 15 is 0 Å². The van der Waals surface area contributed by atoms with Crippen LogP contribution in [0.4, 0.5) is 0 Å². The molecule has 0 spiro atoms. The van der Waals surface area contributed by atoms with Gasteiger partial charge < -0.3 is 0 Å². The quantitative estimate of drug-likeness (QED) is 0.746. The number of hydrogen-bond acceptors (Lipinski definition) is 2. The van der Waals surface area contributed by atoms with Gasteiger partial charge >= 0.3 is 0 Å². The minimum absolute atomic E-state index is 0.0681. The maximum atomic E-state index is 11.5. The number of aryl methyl sites for hydroxylation is 1. The number of unbranched alkanes of at least 4 members (excludes halogenated alkanes) is 1. The Morgan fingerprint density at radius 1 is 1.20 bits per heavy atom. The van der Waals surface area contributed by atoms with E-state index in [1.165, 1.54) is 5.56 Å². The van der Waals surface area contributed by atoms with E-state index in [-0.39, 0.29) is 7.78 Å². The Balaban J connectivity index is 2.81. The average Bonchev–Trinajstić information content (AvgIpc) is 2.27. The van der Waals surface area contributed by atoms with Crippen LogP contribution in [0.5, 0.6) is 0 Å². The third-order valence-corrected chi connectivity index (χ3v) is 6.07. The fraction of sp³-hybridized carbons (Fsp3) is 0.455. The van der Waals surface area contributed by atoms with Crippen molar-refractivity contribution in [3.8, 4) is 0 Å². The van der Waals surface area contributed by atoms with Gasteiger partial charge in [-0.05, 0) is 37.2 Å². The van der Waals surface area contributed by atoms with E-state index in [4.69, 9.17) is 0 Å². The Bertz CT molecular complexity index is 395. The Morgan fingerprint density at radius 2 is 1.80 bits per heavy atom. The van der Waals surface area contributed by atoms with Crippen LogP contribution in [0, 0.1) is 0 Å². The van der Waals surface area contributed by atoms with Crippen LogP contribution in [-0.4, -0.2) is 15.1 Å². The molecule has 0 aliphatic rings. The van der Waals surface area contributed by atoms with Gasteiger partial charge in [0.05, 0.1) is 4.90 Å². The molecule has 4 heteroatoms. The molecule has 1 aromatic carbocycles. The lowest BCUT2D eigenvalue weighted by Crippen LogP contribution is -1.93. The Kier molecular flexibility index (Phi) is 4.75. The highest BCUT2D eigenvalue weighted by atomic mass is 32.8. The van der Waals surface area contributed by atoms with Crippen LogP contribution >= 0.6 is 7.78 Å². The van der Waals surface area contributed by atoms with Crippen LogP contribution in [0.25, 0.3) is 0 Å². The van der Waals surface area contributed by atoms with E-state index in [1.54, 1.807) is 18.8 Å². The van der Waals surface area contributed by atoms with Gasteiger partial charge in [-0.15, -0.1) is 0 Å². The van der Waals surface area contributed by atoms with Crippen molar-refractivity contribution < 1.29 is 8.42 Å². The summed E-state index contributed by atoms with van der Waals surface area (Å²) in [4.78, 5) is 0.448. The van der Waals surface area contributed by atoms with Gasteiger partial charge in [-0.25, -0.2) is 8.42 Å². The lowest BCUT2D eigenvalue weighted by atomic mass is 10.1. The summed E-state index contributed by atoms with van der Waals surface area (Å²) in [5.74, 6) is 0. The molecule has 1 rings (SSSR count). The van der Waals surface area contributed by atoms with Crippen LogP contribution in [0.15, 0.2) is 29.2 Å². The van der Waals surface area contributed by atoms with Gasteiger partial charge in [0.25, 0.3) is 0 Å². The Labute approximate surface area is 93.5 Å². The molecule has 15 heavy (non-hydrogen) atoms. The fourth-order valence-electron chi connectivity index (χ4n) is 1.33. The summed E-state index contributed by atoms with van der Waals surface area (Å²) in [7, 11) is -3.08. The van der Waals surface area contributed by atoms with Gasteiger partial charge in [-0.2, -0.15) is 0 Å². The third kappa shape index (κ3) is 3.58. The molecule has 0 bridgehead atoms. The van der Waals surface area contributed by atoms with Crippen molar-refractivity contribution in [2.45, 2.75) is 31.1 Å². The van der Waals surface area contributed by atoms with Gasteiger partial charge in [0, 0.05) is 7.78 Å². The predicted octanol–water partition coefficient (Wildman–Crippen LogP) is 3.03. The fourth-order valence-corrected chi connectivity index (χ4v) is 3.18. The first-order valence-electron chi connectivity index (χ1n) is 5.12. The monoisotopic (exact) mass is 244 g/mol. The number of hydrogen-bond donors (Lipinski definition) is 0. The smallest absolute Gasteiger partial charge is 0.191 e. The molecule has 0 radical (unpaired) electrons. The normalized spacial score (nSPS) is 12.4. The van der Waals surface area contributed by atoms with Crippen molar-refractivity contribution in [2.24, 2.45) is 0 Å². The molecule has 84 valence electrons. The van der Waals surface area contributed by atoms with Gasteiger partial charge in [-0.1, -0.05) is 25.5 Å². The molecule has 0 aliphatic heterocycles. The second-order valence-corrected chi connectivity index (χ2v) is 8.18. The molecule has 1 atom stereocenters. The van der Waals surface area contributed by atoms with Crippen molar-refractivity contribution >= 4 is 17.2 Å². The minimum Gasteiger partial charge on any atom is -0.220 e. The molecule has 0 aliphatic carbocycles. The second kappa shape index (κ2) is 5.62. The molecule has 0 amide bonds. The summed E-state index contributed by atoms with van der Waals surface area (Å²) in [6, 6.07) is 7.28. The summed E-state index contributed by atoms with van der Waals surface area (Å²) < 4.78 is 23.1. The highest BCUT2D eigenvalue weighted by Crippen LogP contribution is 2.25. The van der Waals surface area contributed by atoms with Crippen molar-refractivity contribution in [1.29, 1.82) is 0 Å². The lowest BCUT2D eigenvalue weighted by Gasteiger charge is -2.03. The van der Waals surface area contributed by atoms with E-state index in [0.29, 0.717) is 4.90 Å². The summed E-state index contributed by atoms with van der Waals surface area (Å²) >= 11 is 0. The minimum atomic E-state index is -3.01. The SMILES string of the molecule is CCCCc1ccc(S(=O)(=O)PC)cc1. The number of rotatable bonds is 5. The van der Waals surface area contributed by atoms with Crippen LogP contribution in [0.1, 0.15) is 25.3 Å². The first-order chi connectivity index (χ1) is 7.10. The first kappa shape index (κ1) is 12.7. The van der Waals surface area contributed by atoms with E-state index in [2.05, 4.69) is 6.92 Å². The zero-order chi connectivity index (χ0) is 11.3. The van der Waals surface area contributed by atoms with E-state index in [9.17, 15) is 8.42 Å². The van der Waals surface area contributed by atoms with Gasteiger partial charge in [-0.3, -0.25) is 0 Å². The molecule has 2 nitrogen and oxygen atoms in total. The summed E-state index contributed by atoms with van der Waals surface area (Å²) in [6.07, 6.45) is 3.35. The van der Waals surface area contributed by atoms with Gasteiger partial charge in [0.1, 0.15) is 0 Å². The molecular formula is C11H17O2PS. The van der Waals surface area contributed by atoms with E-state index in [1.807, 2.05) is 12.1 Å². The van der Waals surface area contributed by atoms with Crippen LogP contribution in [-0.2, 0) is 15.9 Å². The molecular weight excluding hydrogens is 227 g/mol. The lowest BCUT2D eigenvalue weighted by molar-refractivity contribution is 0.610. The number of benzene rings is 1. The van der Waals surface area contributed by atoms with Crippen molar-refractivity contribution in [3.63, 3.8) is 0 Å². The van der Waals surface area contributed by atoms with Crippen molar-refractivity contribution in [2.75, 3.05) is 6.66 Å². The maximum Gasteiger partial charge on any atom is 0.191 e. The zero-order valence-electron chi connectivity index (χ0n) is 9.16. The van der Waals surface area contributed by atoms with Gasteiger partial charge in [0.2, 0.25) is 0 Å². The summed E-state index contributed by atoms with van der Waals surface area (Å²) in [6.45, 7) is 3.84. The van der Waals surface area contributed by atoms with Gasteiger partial charge in [0.15, 0.2) is 9.46 Å². The molecule has 0 saturated carbocycles. The third-order valence-electron chi connectivity index (χ3n) is 2.32. The maximum absolute atomic E-state index is 11.5. The van der Waals surface area contributed by atoms with E-state index < -0.39 is 9.46 Å². The topological polar surface area (TPSA) is 34.1 Å². The van der Waals surface area contributed by atoms with Crippen molar-refractivity contribution in [1.82, 2.24) is 0 Å². The molecule has 1 unspecified atom stereocenters. The summed E-state index contributed by atoms with van der Waals surface area (Å²) in [5, 5.41) is 0. The summed E-state index contributed by atoms with van der Waals surface area (Å²) in [5.41, 5.74) is 1.22. The standard InChI is InChI=1S/C11H17O2PS/c1-3-4-5-10-6-8-11(9-7-10)15(12,13)14-2/h6-9,14H,3-5H2,1-2H3. The molecule has 0 heterocycles.